The lowest BCUT2D eigenvalue weighted by Crippen LogP contribution is -2.14. The molecule has 31 heavy (non-hydrogen) atoms. The van der Waals surface area contributed by atoms with Crippen LogP contribution in [0.15, 0.2) is 41.5 Å². The third-order valence-corrected chi connectivity index (χ3v) is 5.54. The molecule has 0 aliphatic carbocycles. The van der Waals surface area contributed by atoms with E-state index >= 15 is 0 Å². The van der Waals surface area contributed by atoms with Crippen molar-refractivity contribution < 1.29 is 0 Å². The number of aromatic amines is 2. The second-order valence-corrected chi connectivity index (χ2v) is 8.14. The van der Waals surface area contributed by atoms with Crippen LogP contribution in [0.5, 0.6) is 0 Å². The van der Waals surface area contributed by atoms with E-state index in [4.69, 9.17) is 0 Å². The van der Waals surface area contributed by atoms with Crippen molar-refractivity contribution in [3.8, 4) is 0 Å². The van der Waals surface area contributed by atoms with E-state index in [-0.39, 0.29) is 5.56 Å². The van der Waals surface area contributed by atoms with Crippen LogP contribution in [0.4, 0.5) is 5.95 Å². The number of fused-ring (bicyclic) bond motifs is 1. The molecule has 3 rings (SSSR count). The number of nitrogens with one attached hydrogen (secondary N) is 4. The topological polar surface area (TPSA) is 98.5 Å². The lowest BCUT2D eigenvalue weighted by atomic mass is 10.1. The van der Waals surface area contributed by atoms with E-state index in [0.29, 0.717) is 17.1 Å². The Morgan fingerprint density at radius 2 is 1.45 bits per heavy atom. The van der Waals surface area contributed by atoms with Gasteiger partial charge in [-0.05, 0) is 24.9 Å². The molecule has 0 radical (unpaired) electrons. The quantitative estimate of drug-likeness (QED) is 0.249. The monoisotopic (exact) mass is 424 g/mol. The van der Waals surface area contributed by atoms with Gasteiger partial charge in [0.15, 0.2) is 11.2 Å². The van der Waals surface area contributed by atoms with Crippen molar-refractivity contribution in [1.29, 1.82) is 0 Å². The highest BCUT2D eigenvalue weighted by Crippen LogP contribution is 2.11. The number of imidazole rings is 1. The normalized spacial score (nSPS) is 11.2. The minimum absolute atomic E-state index is 0.187. The van der Waals surface area contributed by atoms with Crippen LogP contribution in [0, 0.1) is 0 Å². The molecular weight excluding hydrogens is 388 g/mol. The predicted molar refractivity (Wildman–Crippen MR) is 127 cm³/mol. The molecule has 0 bridgehead atoms. The van der Waals surface area contributed by atoms with E-state index in [1.807, 2.05) is 0 Å². The van der Waals surface area contributed by atoms with Gasteiger partial charge in [-0.25, -0.2) is 4.98 Å². The number of benzene rings is 1. The second kappa shape index (κ2) is 13.6. The zero-order valence-corrected chi connectivity index (χ0v) is 18.5. The molecule has 7 nitrogen and oxygen atoms in total. The van der Waals surface area contributed by atoms with Crippen LogP contribution in [-0.4, -0.2) is 33.0 Å². The fourth-order valence-electron chi connectivity index (χ4n) is 3.75. The van der Waals surface area contributed by atoms with Gasteiger partial charge in [-0.1, -0.05) is 81.7 Å². The molecular formula is C24H36N6O. The van der Waals surface area contributed by atoms with Gasteiger partial charge in [-0.15, -0.1) is 0 Å². The number of rotatable bonds is 16. The Morgan fingerprint density at radius 3 is 2.16 bits per heavy atom. The molecule has 3 aromatic rings. The molecule has 0 saturated heterocycles. The summed E-state index contributed by atoms with van der Waals surface area (Å²) >= 11 is 0. The van der Waals surface area contributed by atoms with Crippen molar-refractivity contribution in [3.05, 3.63) is 52.6 Å². The highest BCUT2D eigenvalue weighted by molar-refractivity contribution is 5.69. The van der Waals surface area contributed by atoms with E-state index < -0.39 is 0 Å². The van der Waals surface area contributed by atoms with Crippen LogP contribution in [0.2, 0.25) is 0 Å². The van der Waals surface area contributed by atoms with Gasteiger partial charge in [-0.2, -0.15) is 4.98 Å². The number of hydrogen-bond acceptors (Lipinski definition) is 5. The Morgan fingerprint density at radius 1 is 0.806 bits per heavy atom. The van der Waals surface area contributed by atoms with Crippen LogP contribution in [0.3, 0.4) is 0 Å². The Balaban J connectivity index is 1.08. The summed E-state index contributed by atoms with van der Waals surface area (Å²) in [4.78, 5) is 25.7. The zero-order chi connectivity index (χ0) is 21.6. The number of hydrogen-bond donors (Lipinski definition) is 4. The van der Waals surface area contributed by atoms with Crippen LogP contribution < -0.4 is 16.2 Å². The summed E-state index contributed by atoms with van der Waals surface area (Å²) in [7, 11) is 0. The molecule has 2 aromatic heterocycles. The van der Waals surface area contributed by atoms with Gasteiger partial charge in [0.2, 0.25) is 5.95 Å². The van der Waals surface area contributed by atoms with Crippen LogP contribution in [0.1, 0.15) is 69.8 Å². The van der Waals surface area contributed by atoms with E-state index in [1.165, 1.54) is 69.7 Å². The van der Waals surface area contributed by atoms with Gasteiger partial charge in [-0.3, -0.25) is 9.78 Å². The summed E-state index contributed by atoms with van der Waals surface area (Å²) in [6.45, 7) is 2.91. The summed E-state index contributed by atoms with van der Waals surface area (Å²) in [5, 5.41) is 6.72. The average molecular weight is 425 g/mol. The number of unbranched alkanes of at least 4 members (excludes halogenated alkanes) is 9. The standard InChI is InChI=1S/C24H36N6O/c31-23-21-22(28-19-27-21)29-24(30-23)26-17-13-8-6-4-2-1-3-5-7-12-16-25-18-20-14-10-9-11-15-20/h9-11,14-15,19,25H,1-8,12-13,16-18H2,(H3,26,27,28,29,30,31). The third-order valence-electron chi connectivity index (χ3n) is 5.54. The molecule has 0 aliphatic rings. The minimum atomic E-state index is -0.187. The lowest BCUT2D eigenvalue weighted by molar-refractivity contribution is 0.542. The summed E-state index contributed by atoms with van der Waals surface area (Å²) < 4.78 is 0. The molecule has 0 saturated carbocycles. The SMILES string of the molecule is O=c1[nH]c(NCCCCCCCCCCCCNCc2ccccc2)nc2nc[nH]c12. The van der Waals surface area contributed by atoms with Crippen molar-refractivity contribution in [3.63, 3.8) is 0 Å². The van der Waals surface area contributed by atoms with Crippen molar-refractivity contribution in [2.24, 2.45) is 0 Å². The molecule has 0 aliphatic heterocycles. The molecule has 2 heterocycles. The van der Waals surface area contributed by atoms with Crippen molar-refractivity contribution >= 4 is 17.1 Å². The lowest BCUT2D eigenvalue weighted by Gasteiger charge is -2.06. The first-order valence-corrected chi connectivity index (χ1v) is 11.7. The molecule has 0 amide bonds. The smallest absolute Gasteiger partial charge is 0.278 e. The molecule has 4 N–H and O–H groups in total. The fourth-order valence-corrected chi connectivity index (χ4v) is 3.75. The first kappa shape index (κ1) is 23.0. The summed E-state index contributed by atoms with van der Waals surface area (Å²) in [5.74, 6) is 0.500. The van der Waals surface area contributed by atoms with Gasteiger partial charge in [0, 0.05) is 13.1 Å². The highest BCUT2D eigenvalue weighted by Gasteiger charge is 2.04. The molecule has 0 fully saturated rings. The van der Waals surface area contributed by atoms with E-state index in [0.717, 1.165) is 26.1 Å². The highest BCUT2D eigenvalue weighted by atomic mass is 16.1. The third kappa shape index (κ3) is 8.53. The summed E-state index contributed by atoms with van der Waals surface area (Å²) in [6, 6.07) is 10.6. The minimum Gasteiger partial charge on any atom is -0.356 e. The van der Waals surface area contributed by atoms with E-state index in [2.05, 4.69) is 60.9 Å². The maximum atomic E-state index is 11.9. The summed E-state index contributed by atoms with van der Waals surface area (Å²) in [5.41, 5.74) is 2.05. The predicted octanol–water partition coefficient (Wildman–Crippen LogP) is 4.75. The Kier molecular flexibility index (Phi) is 10.1. The molecule has 0 unspecified atom stereocenters. The van der Waals surface area contributed by atoms with Crippen LogP contribution in [0.25, 0.3) is 11.2 Å². The van der Waals surface area contributed by atoms with Crippen molar-refractivity contribution in [2.75, 3.05) is 18.4 Å². The van der Waals surface area contributed by atoms with Gasteiger partial charge in [0.05, 0.1) is 6.33 Å². The van der Waals surface area contributed by atoms with Gasteiger partial charge in [0.1, 0.15) is 0 Å². The first-order valence-electron chi connectivity index (χ1n) is 11.7. The number of aromatic nitrogens is 4. The molecule has 7 heteroatoms. The van der Waals surface area contributed by atoms with Gasteiger partial charge in [0.25, 0.3) is 5.56 Å². The van der Waals surface area contributed by atoms with Gasteiger partial charge >= 0.3 is 0 Å². The fraction of sp³-hybridized carbons (Fsp3) is 0.542. The Bertz CT molecular complexity index is 920. The maximum Gasteiger partial charge on any atom is 0.278 e. The first-order chi connectivity index (χ1) is 15.3. The molecule has 168 valence electrons. The van der Waals surface area contributed by atoms with E-state index in [9.17, 15) is 4.79 Å². The largest absolute Gasteiger partial charge is 0.356 e. The number of nitrogens with zero attached hydrogens (tertiary/aromatic N) is 2. The molecule has 0 spiro atoms. The van der Waals surface area contributed by atoms with Crippen molar-refractivity contribution in [2.45, 2.75) is 70.8 Å². The summed E-state index contributed by atoms with van der Waals surface area (Å²) in [6.07, 6.45) is 14.3. The second-order valence-electron chi connectivity index (χ2n) is 8.14. The Labute approximate surface area is 184 Å². The van der Waals surface area contributed by atoms with Crippen LogP contribution in [-0.2, 0) is 6.54 Å². The van der Waals surface area contributed by atoms with Crippen molar-refractivity contribution in [1.82, 2.24) is 25.3 Å². The molecule has 0 atom stereocenters. The zero-order valence-electron chi connectivity index (χ0n) is 18.5. The number of H-pyrrole nitrogens is 2. The Hall–Kier alpha value is -2.67. The number of anilines is 1. The van der Waals surface area contributed by atoms with Crippen LogP contribution >= 0.6 is 0 Å². The average Bonchev–Trinajstić information content (AvgIpc) is 3.26. The van der Waals surface area contributed by atoms with E-state index in [1.54, 1.807) is 0 Å². The maximum absolute atomic E-state index is 11.9. The van der Waals surface area contributed by atoms with Gasteiger partial charge < -0.3 is 15.6 Å². The molecule has 1 aromatic carbocycles.